The zero-order valence-corrected chi connectivity index (χ0v) is 18.8. The first-order chi connectivity index (χ1) is 15.8. The molecular formula is C24H21ClN2O6. The highest BCUT2D eigenvalue weighted by Gasteiger charge is 2.16. The van der Waals surface area contributed by atoms with Crippen LogP contribution in [0.3, 0.4) is 0 Å². The van der Waals surface area contributed by atoms with Crippen LogP contribution in [0.5, 0.6) is 0 Å². The highest BCUT2D eigenvalue weighted by atomic mass is 35.5. The van der Waals surface area contributed by atoms with E-state index in [0.29, 0.717) is 38.9 Å². The Kier molecular flexibility index (Phi) is 6.20. The van der Waals surface area contributed by atoms with E-state index in [4.69, 9.17) is 20.8 Å². The Morgan fingerprint density at radius 2 is 1.76 bits per heavy atom. The van der Waals surface area contributed by atoms with Gasteiger partial charge in [0.1, 0.15) is 18.7 Å². The number of ether oxygens (including phenoxy) is 1. The van der Waals surface area contributed by atoms with E-state index in [1.807, 2.05) is 6.92 Å². The van der Waals surface area contributed by atoms with Crippen molar-refractivity contribution in [3.8, 4) is 0 Å². The first kappa shape index (κ1) is 22.5. The summed E-state index contributed by atoms with van der Waals surface area (Å²) in [6.45, 7) is 3.19. The second-order valence-corrected chi connectivity index (χ2v) is 7.89. The van der Waals surface area contributed by atoms with Crippen molar-refractivity contribution >= 4 is 39.4 Å². The molecule has 0 bridgehead atoms. The monoisotopic (exact) mass is 468 g/mol. The molecule has 2 heterocycles. The van der Waals surface area contributed by atoms with Crippen molar-refractivity contribution in [3.05, 3.63) is 89.9 Å². The average molecular weight is 469 g/mol. The van der Waals surface area contributed by atoms with Crippen molar-refractivity contribution in [2.75, 3.05) is 0 Å². The van der Waals surface area contributed by atoms with Crippen LogP contribution in [0.4, 0.5) is 0 Å². The van der Waals surface area contributed by atoms with Crippen molar-refractivity contribution in [1.29, 1.82) is 0 Å². The Morgan fingerprint density at radius 1 is 1.00 bits per heavy atom. The van der Waals surface area contributed by atoms with Crippen LogP contribution in [0.1, 0.15) is 25.0 Å². The number of aromatic nitrogens is 2. The van der Waals surface area contributed by atoms with Gasteiger partial charge in [-0.3, -0.25) is 18.7 Å². The number of para-hydroxylation sites is 1. The van der Waals surface area contributed by atoms with Crippen LogP contribution >= 0.6 is 11.6 Å². The average Bonchev–Trinajstić information content (AvgIpc) is 2.80. The summed E-state index contributed by atoms with van der Waals surface area (Å²) in [5, 5.41) is 1.41. The molecule has 9 heteroatoms. The number of esters is 1. The lowest BCUT2D eigenvalue weighted by molar-refractivity contribution is -0.145. The number of aryl methyl sites for hydroxylation is 1. The molecule has 8 nitrogen and oxygen atoms in total. The van der Waals surface area contributed by atoms with E-state index in [0.717, 1.165) is 10.1 Å². The summed E-state index contributed by atoms with van der Waals surface area (Å²) in [6.07, 6.45) is 0.667. The van der Waals surface area contributed by atoms with E-state index >= 15 is 0 Å². The summed E-state index contributed by atoms with van der Waals surface area (Å²) in [7, 11) is 0. The Bertz CT molecular complexity index is 1560. The van der Waals surface area contributed by atoms with Crippen LogP contribution in [-0.4, -0.2) is 15.1 Å². The third-order valence-corrected chi connectivity index (χ3v) is 5.85. The molecule has 0 spiro atoms. The molecule has 4 aromatic rings. The molecule has 4 rings (SSSR count). The Balaban J connectivity index is 1.65. The van der Waals surface area contributed by atoms with Gasteiger partial charge in [-0.1, -0.05) is 30.7 Å². The molecule has 33 heavy (non-hydrogen) atoms. The molecule has 0 radical (unpaired) electrons. The number of hydrogen-bond donors (Lipinski definition) is 0. The van der Waals surface area contributed by atoms with Crippen molar-refractivity contribution in [3.63, 3.8) is 0 Å². The van der Waals surface area contributed by atoms with E-state index < -0.39 is 22.8 Å². The molecule has 0 unspecified atom stereocenters. The number of carbonyl (C=O) groups is 1. The first-order valence-corrected chi connectivity index (χ1v) is 10.8. The normalized spacial score (nSPS) is 11.2. The number of nitrogens with zero attached hydrogens (tertiary/aromatic N) is 2. The SMILES string of the molecule is CCc1cc2oc(=O)cc(COC(=O)Cn3c(=O)n(CC)c(=O)c4ccccc43)c2cc1Cl. The van der Waals surface area contributed by atoms with Gasteiger partial charge in [-0.2, -0.15) is 0 Å². The molecule has 0 atom stereocenters. The minimum absolute atomic E-state index is 0.170. The number of hydrogen-bond acceptors (Lipinski definition) is 6. The topological polar surface area (TPSA) is 101 Å². The molecule has 0 aliphatic carbocycles. The van der Waals surface area contributed by atoms with Gasteiger partial charge in [-0.25, -0.2) is 9.59 Å². The standard InChI is InChI=1S/C24H21ClN2O6/c1-3-14-9-20-17(11-18(14)25)15(10-21(28)33-20)13-32-22(29)12-27-19-8-6-5-7-16(19)23(30)26(4-2)24(27)31/h5-11H,3-4,12-13H2,1-2H3. The van der Waals surface area contributed by atoms with Crippen LogP contribution in [0.2, 0.25) is 5.02 Å². The highest BCUT2D eigenvalue weighted by Crippen LogP contribution is 2.26. The van der Waals surface area contributed by atoms with Gasteiger partial charge in [-0.05, 0) is 43.2 Å². The minimum atomic E-state index is -0.693. The van der Waals surface area contributed by atoms with Crippen LogP contribution < -0.4 is 16.9 Å². The molecule has 2 aromatic carbocycles. The maximum absolute atomic E-state index is 12.8. The van der Waals surface area contributed by atoms with E-state index in [9.17, 15) is 19.2 Å². The summed E-state index contributed by atoms with van der Waals surface area (Å²) in [5.74, 6) is -0.693. The van der Waals surface area contributed by atoms with Crippen LogP contribution in [0.25, 0.3) is 21.9 Å². The lowest BCUT2D eigenvalue weighted by atomic mass is 10.1. The summed E-state index contributed by atoms with van der Waals surface area (Å²) >= 11 is 6.31. The van der Waals surface area contributed by atoms with Crippen molar-refractivity contribution in [2.45, 2.75) is 40.0 Å². The Labute approximate surface area is 192 Å². The lowest BCUT2D eigenvalue weighted by Gasteiger charge is -2.13. The Hall–Kier alpha value is -3.65. The van der Waals surface area contributed by atoms with Crippen LogP contribution in [0, 0.1) is 0 Å². The van der Waals surface area contributed by atoms with E-state index in [2.05, 4.69) is 0 Å². The molecule has 0 aliphatic heterocycles. The summed E-state index contributed by atoms with van der Waals surface area (Å²) < 4.78 is 12.9. The van der Waals surface area contributed by atoms with Crippen molar-refractivity contribution in [2.24, 2.45) is 0 Å². The molecule has 0 aliphatic rings. The lowest BCUT2D eigenvalue weighted by Crippen LogP contribution is -2.40. The van der Waals surface area contributed by atoms with Crippen LogP contribution in [0.15, 0.2) is 61.3 Å². The largest absolute Gasteiger partial charge is 0.459 e. The highest BCUT2D eigenvalue weighted by molar-refractivity contribution is 6.32. The second kappa shape index (κ2) is 9.07. The Morgan fingerprint density at radius 3 is 2.48 bits per heavy atom. The first-order valence-electron chi connectivity index (χ1n) is 10.5. The smallest absolute Gasteiger partial charge is 0.336 e. The van der Waals surface area contributed by atoms with Gasteiger partial charge in [0.05, 0.1) is 10.9 Å². The fourth-order valence-electron chi connectivity index (χ4n) is 3.81. The number of benzene rings is 2. The summed E-state index contributed by atoms with van der Waals surface area (Å²) in [6, 6.07) is 11.2. The molecule has 2 aromatic heterocycles. The predicted octanol–water partition coefficient (Wildman–Crippen LogP) is 3.25. The number of carbonyl (C=O) groups excluding carboxylic acids is 1. The summed E-state index contributed by atoms with van der Waals surface area (Å²) in [4.78, 5) is 50.0. The quantitative estimate of drug-likeness (QED) is 0.318. The molecule has 170 valence electrons. The molecule has 0 amide bonds. The fraction of sp³-hybridized carbons (Fsp3) is 0.250. The predicted molar refractivity (Wildman–Crippen MR) is 125 cm³/mol. The van der Waals surface area contributed by atoms with Crippen molar-refractivity contribution in [1.82, 2.24) is 9.13 Å². The maximum Gasteiger partial charge on any atom is 0.336 e. The van der Waals surface area contributed by atoms with Gasteiger partial charge < -0.3 is 9.15 Å². The third-order valence-electron chi connectivity index (χ3n) is 5.50. The molecule has 0 N–H and O–H groups in total. The van der Waals surface area contributed by atoms with Gasteiger partial charge in [0.15, 0.2) is 0 Å². The van der Waals surface area contributed by atoms with Crippen molar-refractivity contribution < 1.29 is 13.9 Å². The van der Waals surface area contributed by atoms with Gasteiger partial charge in [0.2, 0.25) is 0 Å². The fourth-order valence-corrected chi connectivity index (χ4v) is 4.11. The number of fused-ring (bicyclic) bond motifs is 2. The minimum Gasteiger partial charge on any atom is -0.459 e. The second-order valence-electron chi connectivity index (χ2n) is 7.48. The van der Waals surface area contributed by atoms with Gasteiger partial charge in [0.25, 0.3) is 5.56 Å². The van der Waals surface area contributed by atoms with Crippen LogP contribution in [-0.2, 0) is 35.6 Å². The number of halogens is 1. The van der Waals surface area contributed by atoms with Gasteiger partial charge in [-0.15, -0.1) is 0 Å². The zero-order chi connectivity index (χ0) is 23.7. The molecule has 0 fully saturated rings. The molecular weight excluding hydrogens is 448 g/mol. The van der Waals surface area contributed by atoms with E-state index in [1.165, 1.54) is 10.6 Å². The third kappa shape index (κ3) is 4.21. The molecule has 0 saturated carbocycles. The number of rotatable bonds is 6. The van der Waals surface area contributed by atoms with Gasteiger partial charge >= 0.3 is 17.3 Å². The van der Waals surface area contributed by atoms with E-state index in [1.54, 1.807) is 43.3 Å². The van der Waals surface area contributed by atoms with E-state index in [-0.39, 0.29) is 19.7 Å². The zero-order valence-electron chi connectivity index (χ0n) is 18.1. The van der Waals surface area contributed by atoms with Gasteiger partial charge in [0, 0.05) is 28.6 Å². The molecule has 0 saturated heterocycles. The summed E-state index contributed by atoms with van der Waals surface area (Å²) in [5.41, 5.74) is 0.394. The maximum atomic E-state index is 12.8.